The highest BCUT2D eigenvalue weighted by Gasteiger charge is 2.02. The minimum atomic E-state index is -0.166. The van der Waals surface area contributed by atoms with Gasteiger partial charge in [0.1, 0.15) is 5.82 Å². The van der Waals surface area contributed by atoms with Crippen LogP contribution in [0.2, 0.25) is 0 Å². The van der Waals surface area contributed by atoms with Crippen molar-refractivity contribution in [3.63, 3.8) is 0 Å². The van der Waals surface area contributed by atoms with Crippen LogP contribution in [-0.2, 0) is 6.54 Å². The number of H-pyrrole nitrogens is 1. The predicted octanol–water partition coefficient (Wildman–Crippen LogP) is 4.14. The number of hydrogen-bond donors (Lipinski definition) is 2. The van der Waals surface area contributed by atoms with E-state index in [2.05, 4.69) is 15.5 Å². The molecule has 0 atom stereocenters. The Morgan fingerprint density at radius 2 is 2.05 bits per heavy atom. The van der Waals surface area contributed by atoms with Crippen molar-refractivity contribution in [1.82, 2.24) is 10.2 Å². The van der Waals surface area contributed by atoms with Crippen LogP contribution in [0, 0.1) is 12.7 Å². The van der Waals surface area contributed by atoms with Crippen molar-refractivity contribution < 1.29 is 4.39 Å². The number of nitrogens with one attached hydrogen (secondary N) is 2. The van der Waals surface area contributed by atoms with E-state index in [0.717, 1.165) is 22.5 Å². The van der Waals surface area contributed by atoms with Gasteiger partial charge in [0.15, 0.2) is 0 Å². The molecule has 1 aromatic heterocycles. The summed E-state index contributed by atoms with van der Waals surface area (Å²) in [5, 5.41) is 10.2. The molecule has 0 bridgehead atoms. The zero-order valence-electron chi connectivity index (χ0n) is 11.7. The van der Waals surface area contributed by atoms with Gasteiger partial charge in [0.25, 0.3) is 0 Å². The summed E-state index contributed by atoms with van der Waals surface area (Å²) in [6.45, 7) is 2.35. The Labute approximate surface area is 122 Å². The molecule has 3 rings (SSSR count). The maximum atomic E-state index is 13.5. The molecule has 2 aromatic carbocycles. The van der Waals surface area contributed by atoms with Crippen LogP contribution in [0.5, 0.6) is 0 Å². The molecule has 21 heavy (non-hydrogen) atoms. The number of hydrogen-bond acceptors (Lipinski definition) is 2. The number of benzene rings is 2. The van der Waals surface area contributed by atoms with Crippen molar-refractivity contribution in [2.24, 2.45) is 0 Å². The van der Waals surface area contributed by atoms with Gasteiger partial charge >= 0.3 is 0 Å². The van der Waals surface area contributed by atoms with E-state index in [0.29, 0.717) is 12.1 Å². The van der Waals surface area contributed by atoms with Gasteiger partial charge in [-0.2, -0.15) is 5.10 Å². The number of halogens is 1. The van der Waals surface area contributed by atoms with Gasteiger partial charge in [-0.15, -0.1) is 0 Å². The summed E-state index contributed by atoms with van der Waals surface area (Å²) >= 11 is 0. The first-order valence-electron chi connectivity index (χ1n) is 6.81. The van der Waals surface area contributed by atoms with E-state index < -0.39 is 0 Å². The minimum Gasteiger partial charge on any atom is -0.381 e. The van der Waals surface area contributed by atoms with Crippen LogP contribution in [0.1, 0.15) is 11.1 Å². The summed E-state index contributed by atoms with van der Waals surface area (Å²) in [7, 11) is 0. The van der Waals surface area contributed by atoms with E-state index in [1.54, 1.807) is 25.3 Å². The number of rotatable bonds is 4. The smallest absolute Gasteiger partial charge is 0.126 e. The summed E-state index contributed by atoms with van der Waals surface area (Å²) < 4.78 is 13.5. The fourth-order valence-electron chi connectivity index (χ4n) is 2.16. The van der Waals surface area contributed by atoms with E-state index in [4.69, 9.17) is 0 Å². The van der Waals surface area contributed by atoms with Crippen LogP contribution < -0.4 is 5.32 Å². The number of aromatic nitrogens is 2. The lowest BCUT2D eigenvalue weighted by Crippen LogP contribution is -2.00. The Kier molecular flexibility index (Phi) is 3.69. The second-order valence-corrected chi connectivity index (χ2v) is 4.99. The minimum absolute atomic E-state index is 0.166. The molecule has 0 spiro atoms. The monoisotopic (exact) mass is 281 g/mol. The van der Waals surface area contributed by atoms with Crippen molar-refractivity contribution in [2.45, 2.75) is 13.5 Å². The molecule has 0 unspecified atom stereocenters. The lowest BCUT2D eigenvalue weighted by Gasteiger charge is -2.09. The second-order valence-electron chi connectivity index (χ2n) is 4.99. The average Bonchev–Trinajstić information content (AvgIpc) is 3.03. The molecule has 106 valence electrons. The summed E-state index contributed by atoms with van der Waals surface area (Å²) in [5.41, 5.74) is 4.61. The first-order valence-corrected chi connectivity index (χ1v) is 6.81. The van der Waals surface area contributed by atoms with Crippen LogP contribution >= 0.6 is 0 Å². The van der Waals surface area contributed by atoms with Crippen LogP contribution in [0.4, 0.5) is 10.1 Å². The molecule has 2 N–H and O–H groups in total. The van der Waals surface area contributed by atoms with E-state index in [1.807, 2.05) is 36.4 Å². The van der Waals surface area contributed by atoms with Crippen molar-refractivity contribution in [3.05, 3.63) is 71.7 Å². The maximum Gasteiger partial charge on any atom is 0.126 e. The molecular formula is C17H16FN3. The molecule has 0 radical (unpaired) electrons. The first-order chi connectivity index (χ1) is 10.2. The predicted molar refractivity (Wildman–Crippen MR) is 82.5 cm³/mol. The Morgan fingerprint density at radius 1 is 1.14 bits per heavy atom. The zero-order chi connectivity index (χ0) is 14.7. The van der Waals surface area contributed by atoms with Crippen molar-refractivity contribution >= 4 is 5.69 Å². The third kappa shape index (κ3) is 3.11. The summed E-state index contributed by atoms with van der Waals surface area (Å²) in [4.78, 5) is 0. The van der Waals surface area contributed by atoms with Crippen LogP contribution in [0.25, 0.3) is 11.3 Å². The van der Waals surface area contributed by atoms with Crippen LogP contribution in [0.15, 0.2) is 54.7 Å². The molecule has 0 aliphatic rings. The number of anilines is 1. The average molecular weight is 281 g/mol. The van der Waals surface area contributed by atoms with Gasteiger partial charge < -0.3 is 5.32 Å². The van der Waals surface area contributed by atoms with Gasteiger partial charge in [0.2, 0.25) is 0 Å². The normalized spacial score (nSPS) is 10.6. The van der Waals surface area contributed by atoms with Gasteiger partial charge in [-0.05, 0) is 42.3 Å². The third-order valence-corrected chi connectivity index (χ3v) is 3.41. The summed E-state index contributed by atoms with van der Waals surface area (Å²) in [6.07, 6.45) is 1.73. The van der Waals surface area contributed by atoms with E-state index in [-0.39, 0.29) is 5.82 Å². The van der Waals surface area contributed by atoms with Gasteiger partial charge in [0.05, 0.1) is 5.69 Å². The Bertz CT molecular complexity index is 736. The van der Waals surface area contributed by atoms with E-state index in [1.165, 1.54) is 0 Å². The third-order valence-electron chi connectivity index (χ3n) is 3.41. The van der Waals surface area contributed by atoms with Gasteiger partial charge in [-0.1, -0.05) is 24.3 Å². The number of aromatic amines is 1. The van der Waals surface area contributed by atoms with Crippen LogP contribution in [-0.4, -0.2) is 10.2 Å². The molecule has 0 fully saturated rings. The first kappa shape index (κ1) is 13.4. The Balaban J connectivity index is 1.73. The highest BCUT2D eigenvalue weighted by Crippen LogP contribution is 2.21. The van der Waals surface area contributed by atoms with E-state index in [9.17, 15) is 4.39 Å². The Morgan fingerprint density at radius 3 is 2.81 bits per heavy atom. The molecule has 0 aliphatic heterocycles. The van der Waals surface area contributed by atoms with Crippen molar-refractivity contribution in [3.8, 4) is 11.3 Å². The molecule has 0 saturated carbocycles. The summed E-state index contributed by atoms with van der Waals surface area (Å²) in [5.74, 6) is -0.166. The van der Waals surface area contributed by atoms with Crippen molar-refractivity contribution in [1.29, 1.82) is 0 Å². The SMILES string of the molecule is Cc1ccc(CNc2cccc(-c3ccn[nH]3)c2)cc1F. The zero-order valence-corrected chi connectivity index (χ0v) is 11.7. The van der Waals surface area contributed by atoms with Crippen molar-refractivity contribution in [2.75, 3.05) is 5.32 Å². The molecule has 3 aromatic rings. The highest BCUT2D eigenvalue weighted by atomic mass is 19.1. The molecule has 3 nitrogen and oxygen atoms in total. The molecule has 1 heterocycles. The fourth-order valence-corrected chi connectivity index (χ4v) is 2.16. The topological polar surface area (TPSA) is 40.7 Å². The maximum absolute atomic E-state index is 13.5. The highest BCUT2D eigenvalue weighted by molar-refractivity contribution is 5.64. The molecule has 4 heteroatoms. The molecule has 0 amide bonds. The van der Waals surface area contributed by atoms with E-state index >= 15 is 0 Å². The lowest BCUT2D eigenvalue weighted by atomic mass is 10.1. The standard InChI is InChI=1S/C17H16FN3/c1-12-5-6-13(9-16(12)18)11-19-15-4-2-3-14(10-15)17-7-8-20-21-17/h2-10,19H,11H2,1H3,(H,20,21). The quantitative estimate of drug-likeness (QED) is 0.754. The molecule has 0 saturated heterocycles. The largest absolute Gasteiger partial charge is 0.381 e. The number of aryl methyl sites for hydroxylation is 1. The van der Waals surface area contributed by atoms with Gasteiger partial charge in [-0.25, -0.2) is 4.39 Å². The van der Waals surface area contributed by atoms with Gasteiger partial charge in [-0.3, -0.25) is 5.10 Å². The Hall–Kier alpha value is -2.62. The number of nitrogens with zero attached hydrogens (tertiary/aromatic N) is 1. The van der Waals surface area contributed by atoms with Crippen LogP contribution in [0.3, 0.4) is 0 Å². The molecular weight excluding hydrogens is 265 g/mol. The lowest BCUT2D eigenvalue weighted by molar-refractivity contribution is 0.616. The summed E-state index contributed by atoms with van der Waals surface area (Å²) in [6, 6.07) is 15.3. The second kappa shape index (κ2) is 5.79. The fraction of sp³-hybridized carbons (Fsp3) is 0.118. The van der Waals surface area contributed by atoms with Gasteiger partial charge in [0, 0.05) is 24.0 Å². The molecule has 0 aliphatic carbocycles.